The van der Waals surface area contributed by atoms with E-state index in [1.165, 1.54) is 423 Å². The molecule has 0 saturated carbocycles. The zero-order chi connectivity index (χ0) is 79.3. The van der Waals surface area contributed by atoms with Gasteiger partial charge < -0.3 is 5.11 Å². The molecule has 0 aliphatic carbocycles. The third-order valence-electron chi connectivity index (χ3n) is 25.1. The maximum Gasteiger partial charge on any atom is 0.141 e. The molecule has 5 heteroatoms. The highest BCUT2D eigenvalue weighted by atomic mass is 79.9. The largest absolute Gasteiger partial charge is 0.376 e. The van der Waals surface area contributed by atoms with Crippen LogP contribution in [0.15, 0.2) is 155 Å². The van der Waals surface area contributed by atoms with Crippen molar-refractivity contribution in [3.63, 3.8) is 0 Å². The second-order valence-corrected chi connectivity index (χ2v) is 38.8. The summed E-state index contributed by atoms with van der Waals surface area (Å²) in [5, 5.41) is 14.1. The number of aliphatic hydroxyl groups is 1. The fourth-order valence-corrected chi connectivity index (χ4v) is 21.1. The van der Waals surface area contributed by atoms with Crippen LogP contribution in [0.1, 0.15) is 449 Å². The van der Waals surface area contributed by atoms with E-state index in [9.17, 15) is 5.11 Å². The maximum absolute atomic E-state index is 14.1. The third kappa shape index (κ3) is 35.8. The predicted octanol–water partition coefficient (Wildman–Crippen LogP) is 37.4. The summed E-state index contributed by atoms with van der Waals surface area (Å²) in [7, 11) is 0. The van der Waals surface area contributed by atoms with Crippen molar-refractivity contribution in [2.75, 3.05) is 0 Å². The molecular weight excluding hydrogens is 1540 g/mol. The van der Waals surface area contributed by atoms with Crippen molar-refractivity contribution in [3.8, 4) is 20.9 Å². The lowest BCUT2D eigenvalue weighted by atomic mass is 9.77. The molecule has 622 valence electrons. The van der Waals surface area contributed by atoms with Crippen LogP contribution in [0.3, 0.4) is 0 Å². The first-order valence-electron chi connectivity index (χ1n) is 47.9. The van der Waals surface area contributed by atoms with Gasteiger partial charge >= 0.3 is 0 Å². The molecule has 1 N–H and O–H groups in total. The van der Waals surface area contributed by atoms with E-state index < -0.39 is 5.60 Å². The van der Waals surface area contributed by atoms with E-state index in [-0.39, 0.29) is 5.92 Å². The van der Waals surface area contributed by atoms with Gasteiger partial charge in [-0.1, -0.05) is 503 Å². The van der Waals surface area contributed by atoms with E-state index in [4.69, 9.17) is 0 Å². The second-order valence-electron chi connectivity index (χ2n) is 34.8. The van der Waals surface area contributed by atoms with Gasteiger partial charge in [0.25, 0.3) is 0 Å². The van der Waals surface area contributed by atoms with E-state index >= 15 is 0 Å². The summed E-state index contributed by atoms with van der Waals surface area (Å²) in [4.78, 5) is 2.48. The number of hydrogen-bond donors (Lipinski definition) is 1. The van der Waals surface area contributed by atoms with Crippen molar-refractivity contribution in [2.45, 2.75) is 424 Å². The summed E-state index contributed by atoms with van der Waals surface area (Å²) in [6.45, 7) is 9.25. The molecular formula is C108H158Br2OS2. The van der Waals surface area contributed by atoms with Crippen LogP contribution >= 0.6 is 54.5 Å². The van der Waals surface area contributed by atoms with E-state index in [2.05, 4.69) is 205 Å². The monoisotopic (exact) mass is 1690 g/mol. The summed E-state index contributed by atoms with van der Waals surface area (Å²) in [6.07, 6.45) is 81.8. The molecule has 0 saturated heterocycles. The Morgan fingerprint density at radius 3 is 0.761 bits per heavy atom. The number of unbranched alkanes of at least 4 members (excludes halogenated alkanes) is 52. The van der Waals surface area contributed by atoms with Crippen molar-refractivity contribution in [1.82, 2.24) is 0 Å². The molecule has 0 spiro atoms. The van der Waals surface area contributed by atoms with Gasteiger partial charge in [-0.3, -0.25) is 0 Å². The Balaban J connectivity index is 0.973. The summed E-state index contributed by atoms with van der Waals surface area (Å²) in [6, 6.07) is 56.3. The molecule has 2 aromatic heterocycles. The van der Waals surface area contributed by atoms with Gasteiger partial charge in [-0.25, -0.2) is 0 Å². The first kappa shape index (κ1) is 94.4. The Kier molecular flexibility index (Phi) is 49.1. The molecule has 0 amide bonds. The molecule has 0 aliphatic rings. The minimum Gasteiger partial charge on any atom is -0.376 e. The minimum atomic E-state index is -1.40. The van der Waals surface area contributed by atoms with E-state index in [1.54, 1.807) is 0 Å². The predicted molar refractivity (Wildman–Crippen MR) is 511 cm³/mol. The van der Waals surface area contributed by atoms with Crippen molar-refractivity contribution in [2.24, 2.45) is 0 Å². The quantitative estimate of drug-likeness (QED) is 0.0298. The molecule has 0 radical (unpaired) electrons. The molecule has 0 unspecified atom stereocenters. The van der Waals surface area contributed by atoms with Crippen molar-refractivity contribution in [3.05, 3.63) is 210 Å². The lowest BCUT2D eigenvalue weighted by Crippen LogP contribution is -2.29. The summed E-state index contributed by atoms with van der Waals surface area (Å²) >= 11 is 11.8. The first-order chi connectivity index (χ1) is 55.7. The maximum atomic E-state index is 14.1. The van der Waals surface area contributed by atoms with Crippen molar-refractivity contribution in [1.29, 1.82) is 0 Å². The van der Waals surface area contributed by atoms with Gasteiger partial charge in [0.15, 0.2) is 0 Å². The van der Waals surface area contributed by atoms with Crippen LogP contribution < -0.4 is 0 Å². The van der Waals surface area contributed by atoms with Crippen LogP contribution in [0.5, 0.6) is 0 Å². The molecule has 8 rings (SSSR count). The topological polar surface area (TPSA) is 20.2 Å². The van der Waals surface area contributed by atoms with Gasteiger partial charge in [0.1, 0.15) is 5.60 Å². The molecule has 0 bridgehead atoms. The Morgan fingerprint density at radius 2 is 0.487 bits per heavy atom. The standard InChI is InChI=1S/C108H158Br2OS2/c1-5-9-13-17-21-25-29-33-37-41-45-49-53-57-61-89-65-73-93(74-66-89)107(94-75-67-90(68-76-94)62-58-54-50-46-42-38-34-30-26-22-18-14-10-6-2)101-85-97(109)81-83-99(101)103-87-105-106(112-103)88-104(113-105)100-84-82-98(110)86-102(100)108(111,95-77-69-91(70-78-95)63-59-55-51-47-43-39-35-31-27-23-19-15-11-7-3)96-79-71-92(72-80-96)64-60-56-52-48-44-40-36-32-28-24-20-16-12-8-4/h65-88,107,111H,5-64H2,1-4H3. The van der Waals surface area contributed by atoms with Gasteiger partial charge in [-0.05, 0) is 149 Å². The van der Waals surface area contributed by atoms with E-state index in [1.807, 2.05) is 22.7 Å². The number of fused-ring (bicyclic) bond motifs is 1. The van der Waals surface area contributed by atoms with Crippen LogP contribution in [0.4, 0.5) is 0 Å². The SMILES string of the molecule is CCCCCCCCCCCCCCCCc1ccc(C(c2ccc(CCCCCCCCCCCCCCCC)cc2)c2cc(Br)ccc2-c2cc3sc(-c4ccc(Br)cc4C(O)(c4ccc(CCCCCCCCCCCCCCCC)cc4)c4ccc(CCCCCCCCCCCCCCCC)cc4)cc3s2)cc1. The lowest BCUT2D eigenvalue weighted by Gasteiger charge is -2.32. The van der Waals surface area contributed by atoms with Gasteiger partial charge in [0.05, 0.1) is 0 Å². The van der Waals surface area contributed by atoms with Crippen LogP contribution in [0, 0.1) is 0 Å². The first-order valence-corrected chi connectivity index (χ1v) is 51.2. The van der Waals surface area contributed by atoms with Crippen LogP contribution in [-0.4, -0.2) is 5.11 Å². The molecule has 0 atom stereocenters. The number of rotatable bonds is 68. The van der Waals surface area contributed by atoms with Gasteiger partial charge in [0, 0.05) is 39.6 Å². The highest BCUT2D eigenvalue weighted by Gasteiger charge is 2.37. The zero-order valence-corrected chi connectivity index (χ0v) is 77.2. The van der Waals surface area contributed by atoms with Crippen molar-refractivity contribution >= 4 is 63.9 Å². The summed E-state index contributed by atoms with van der Waals surface area (Å²) in [5.41, 5.74) is 13.4. The van der Waals surface area contributed by atoms with Gasteiger partial charge in [0.2, 0.25) is 0 Å². The highest BCUT2D eigenvalue weighted by molar-refractivity contribution is 9.10. The average Bonchev–Trinajstić information content (AvgIpc) is 1.69. The molecule has 1 nitrogen and oxygen atoms in total. The molecule has 113 heavy (non-hydrogen) atoms. The third-order valence-corrected chi connectivity index (χ3v) is 28.4. The normalized spacial score (nSPS) is 11.9. The minimum absolute atomic E-state index is 0.0580. The van der Waals surface area contributed by atoms with Crippen LogP contribution in [0.25, 0.3) is 30.3 Å². The van der Waals surface area contributed by atoms with Gasteiger partial charge in [-0.2, -0.15) is 0 Å². The van der Waals surface area contributed by atoms with E-state index in [0.717, 1.165) is 56.9 Å². The zero-order valence-electron chi connectivity index (χ0n) is 72.4. The Hall–Kier alpha value is -4.10. The molecule has 0 aliphatic heterocycles. The second kappa shape index (κ2) is 58.7. The number of halogens is 2. The lowest BCUT2D eigenvalue weighted by molar-refractivity contribution is 0.126. The van der Waals surface area contributed by atoms with Gasteiger partial charge in [-0.15, -0.1) is 22.7 Å². The number of benzene rings is 6. The fourth-order valence-electron chi connectivity index (χ4n) is 17.8. The fraction of sp³-hybridized carbons (Fsp3) is 0.611. The highest BCUT2D eigenvalue weighted by Crippen LogP contribution is 2.50. The number of aryl methyl sites for hydroxylation is 4. The molecule has 2 heterocycles. The van der Waals surface area contributed by atoms with Crippen molar-refractivity contribution < 1.29 is 5.11 Å². The Labute approximate surface area is 718 Å². The van der Waals surface area contributed by atoms with E-state index in [0.29, 0.717) is 0 Å². The molecule has 0 fully saturated rings. The molecule has 8 aromatic rings. The van der Waals surface area contributed by atoms with Crippen LogP contribution in [-0.2, 0) is 31.3 Å². The summed E-state index contributed by atoms with van der Waals surface area (Å²) < 4.78 is 4.64. The average molecular weight is 1700 g/mol. The summed E-state index contributed by atoms with van der Waals surface area (Å²) in [5.74, 6) is 0.0580. The number of thiophene rings is 2. The smallest absolute Gasteiger partial charge is 0.141 e. The number of hydrogen-bond acceptors (Lipinski definition) is 3. The molecule has 6 aromatic carbocycles. The Morgan fingerprint density at radius 1 is 0.257 bits per heavy atom. The Bertz CT molecular complexity index is 3480. The van der Waals surface area contributed by atoms with Crippen LogP contribution in [0.2, 0.25) is 0 Å².